The predicted molar refractivity (Wildman–Crippen MR) is 85.7 cm³/mol. The van der Waals surface area contributed by atoms with Gasteiger partial charge in [-0.25, -0.2) is 0 Å². The molecule has 0 aliphatic carbocycles. The van der Waals surface area contributed by atoms with Crippen LogP contribution in [-0.2, 0) is 0 Å². The van der Waals surface area contributed by atoms with Crippen molar-refractivity contribution < 1.29 is 0 Å². The van der Waals surface area contributed by atoms with Crippen LogP contribution < -0.4 is 5.32 Å². The molecule has 19 heavy (non-hydrogen) atoms. The van der Waals surface area contributed by atoms with Crippen molar-refractivity contribution in [2.45, 2.75) is 84.7 Å². The summed E-state index contributed by atoms with van der Waals surface area (Å²) in [5, 5.41) is 3.84. The van der Waals surface area contributed by atoms with Crippen LogP contribution in [0.25, 0.3) is 0 Å². The van der Waals surface area contributed by atoms with Gasteiger partial charge in [0.15, 0.2) is 0 Å². The van der Waals surface area contributed by atoms with Crippen LogP contribution in [-0.4, -0.2) is 35.6 Å². The molecule has 0 aromatic heterocycles. The second-order valence-electron chi connectivity index (χ2n) is 6.76. The van der Waals surface area contributed by atoms with Crippen molar-refractivity contribution in [2.24, 2.45) is 5.92 Å². The highest BCUT2D eigenvalue weighted by Crippen LogP contribution is 2.32. The molecule has 1 N–H and O–H groups in total. The van der Waals surface area contributed by atoms with E-state index in [0.717, 1.165) is 12.5 Å². The normalized spacial score (nSPS) is 27.9. The average Bonchev–Trinajstić information content (AvgIpc) is 2.45. The van der Waals surface area contributed by atoms with Crippen molar-refractivity contribution in [3.05, 3.63) is 0 Å². The van der Waals surface area contributed by atoms with Gasteiger partial charge >= 0.3 is 0 Å². The third-order valence-corrected chi connectivity index (χ3v) is 5.78. The molecule has 1 aliphatic heterocycles. The van der Waals surface area contributed by atoms with E-state index in [1.165, 1.54) is 45.2 Å². The van der Waals surface area contributed by atoms with E-state index in [4.69, 9.17) is 0 Å². The third-order valence-electron chi connectivity index (χ3n) is 5.78. The minimum absolute atomic E-state index is 0.305. The smallest absolute Gasteiger partial charge is 0.0329 e. The zero-order valence-electron chi connectivity index (χ0n) is 14.2. The summed E-state index contributed by atoms with van der Waals surface area (Å²) in [6.07, 6.45) is 6.36. The van der Waals surface area contributed by atoms with Gasteiger partial charge in [0, 0.05) is 30.7 Å². The maximum absolute atomic E-state index is 3.84. The Morgan fingerprint density at radius 1 is 1.00 bits per heavy atom. The molecule has 0 amide bonds. The van der Waals surface area contributed by atoms with Crippen molar-refractivity contribution in [1.29, 1.82) is 0 Å². The number of nitrogens with one attached hydrogen (secondary N) is 1. The van der Waals surface area contributed by atoms with Crippen molar-refractivity contribution in [1.82, 2.24) is 10.2 Å². The minimum atomic E-state index is 0.305. The number of rotatable bonds is 7. The van der Waals surface area contributed by atoms with Crippen molar-refractivity contribution in [3.63, 3.8) is 0 Å². The van der Waals surface area contributed by atoms with Crippen molar-refractivity contribution in [3.8, 4) is 0 Å². The van der Waals surface area contributed by atoms with Gasteiger partial charge in [-0.2, -0.15) is 0 Å². The molecule has 0 aromatic rings. The van der Waals surface area contributed by atoms with Gasteiger partial charge < -0.3 is 5.32 Å². The Hall–Kier alpha value is -0.0800. The fraction of sp³-hybridized carbons (Fsp3) is 1.00. The van der Waals surface area contributed by atoms with Crippen LogP contribution in [0.5, 0.6) is 0 Å². The monoisotopic (exact) mass is 268 g/mol. The predicted octanol–water partition coefficient (Wildman–Crippen LogP) is 4.06. The zero-order valence-corrected chi connectivity index (χ0v) is 14.2. The summed E-state index contributed by atoms with van der Waals surface area (Å²) >= 11 is 0. The van der Waals surface area contributed by atoms with E-state index in [0.29, 0.717) is 11.1 Å². The first-order valence-electron chi connectivity index (χ1n) is 8.49. The first-order chi connectivity index (χ1) is 8.99. The van der Waals surface area contributed by atoms with Gasteiger partial charge in [0.25, 0.3) is 0 Å². The molecule has 0 saturated carbocycles. The average molecular weight is 268 g/mol. The fourth-order valence-electron chi connectivity index (χ4n) is 3.44. The van der Waals surface area contributed by atoms with Crippen LogP contribution in [0.1, 0.15) is 73.6 Å². The summed E-state index contributed by atoms with van der Waals surface area (Å²) in [6.45, 7) is 17.8. The number of hydrogen-bond donors (Lipinski definition) is 1. The molecule has 1 atom stereocenters. The molecule has 114 valence electrons. The van der Waals surface area contributed by atoms with Crippen LogP contribution in [0.3, 0.4) is 0 Å². The second-order valence-corrected chi connectivity index (χ2v) is 6.76. The summed E-state index contributed by atoms with van der Waals surface area (Å²) in [4.78, 5) is 2.82. The zero-order chi connectivity index (χ0) is 14.5. The molecule has 1 saturated heterocycles. The van der Waals surface area contributed by atoms with Gasteiger partial charge in [0.2, 0.25) is 0 Å². The molecular weight excluding hydrogens is 232 g/mol. The summed E-state index contributed by atoms with van der Waals surface area (Å²) in [7, 11) is 0. The van der Waals surface area contributed by atoms with Gasteiger partial charge in [0.05, 0.1) is 0 Å². The standard InChI is InChI=1S/C17H36N2/c1-7-15(8-2)12-19-14-16(6,9-3)18-13-17(19,10-4)11-5/h15,18H,7-14H2,1-6H3. The lowest BCUT2D eigenvalue weighted by molar-refractivity contribution is -0.00914. The largest absolute Gasteiger partial charge is 0.308 e. The van der Waals surface area contributed by atoms with E-state index < -0.39 is 0 Å². The molecule has 1 fully saturated rings. The van der Waals surface area contributed by atoms with Gasteiger partial charge in [-0.05, 0) is 32.1 Å². The van der Waals surface area contributed by atoms with E-state index in [2.05, 4.69) is 51.8 Å². The number of hydrogen-bond acceptors (Lipinski definition) is 2. The molecule has 0 spiro atoms. The first kappa shape index (κ1) is 17.0. The summed E-state index contributed by atoms with van der Waals surface area (Å²) in [5.41, 5.74) is 0.692. The van der Waals surface area contributed by atoms with E-state index in [1.54, 1.807) is 0 Å². The quantitative estimate of drug-likeness (QED) is 0.749. The lowest BCUT2D eigenvalue weighted by Crippen LogP contribution is -2.69. The Bertz CT molecular complexity index is 256. The molecule has 0 radical (unpaired) electrons. The van der Waals surface area contributed by atoms with Crippen molar-refractivity contribution >= 4 is 0 Å². The van der Waals surface area contributed by atoms with E-state index in [1.807, 2.05) is 0 Å². The summed E-state index contributed by atoms with van der Waals surface area (Å²) in [6, 6.07) is 0. The number of piperazine rings is 1. The fourth-order valence-corrected chi connectivity index (χ4v) is 3.44. The summed E-state index contributed by atoms with van der Waals surface area (Å²) < 4.78 is 0. The van der Waals surface area contributed by atoms with Crippen LogP contribution in [0.15, 0.2) is 0 Å². The lowest BCUT2D eigenvalue weighted by Gasteiger charge is -2.54. The lowest BCUT2D eigenvalue weighted by atomic mass is 9.81. The highest BCUT2D eigenvalue weighted by molar-refractivity contribution is 5.02. The Labute approximate surface area is 121 Å². The Balaban J connectivity index is 2.87. The van der Waals surface area contributed by atoms with Crippen LogP contribution in [0.2, 0.25) is 0 Å². The van der Waals surface area contributed by atoms with E-state index in [9.17, 15) is 0 Å². The van der Waals surface area contributed by atoms with Crippen LogP contribution in [0.4, 0.5) is 0 Å². The van der Waals surface area contributed by atoms with Crippen LogP contribution >= 0.6 is 0 Å². The molecule has 1 unspecified atom stereocenters. The topological polar surface area (TPSA) is 15.3 Å². The Morgan fingerprint density at radius 2 is 1.58 bits per heavy atom. The maximum atomic E-state index is 3.84. The summed E-state index contributed by atoms with van der Waals surface area (Å²) in [5.74, 6) is 0.858. The molecule has 0 aromatic carbocycles. The van der Waals surface area contributed by atoms with E-state index >= 15 is 0 Å². The third kappa shape index (κ3) is 3.72. The second kappa shape index (κ2) is 7.08. The molecule has 1 rings (SSSR count). The highest BCUT2D eigenvalue weighted by Gasteiger charge is 2.43. The Kier molecular flexibility index (Phi) is 6.32. The minimum Gasteiger partial charge on any atom is -0.308 e. The maximum Gasteiger partial charge on any atom is 0.0329 e. The molecule has 2 nitrogen and oxygen atoms in total. The molecule has 2 heteroatoms. The van der Waals surface area contributed by atoms with Gasteiger partial charge in [0.1, 0.15) is 0 Å². The van der Waals surface area contributed by atoms with Gasteiger partial charge in [-0.3, -0.25) is 4.90 Å². The molecule has 1 heterocycles. The SMILES string of the molecule is CCC(CC)CN1CC(C)(CC)NCC1(CC)CC. The first-order valence-corrected chi connectivity index (χ1v) is 8.49. The van der Waals surface area contributed by atoms with Gasteiger partial charge in [-0.15, -0.1) is 0 Å². The van der Waals surface area contributed by atoms with Crippen molar-refractivity contribution in [2.75, 3.05) is 19.6 Å². The molecule has 1 aliphatic rings. The molecular formula is C17H36N2. The number of nitrogens with zero attached hydrogens (tertiary/aromatic N) is 1. The van der Waals surface area contributed by atoms with Crippen LogP contribution in [0, 0.1) is 5.92 Å². The van der Waals surface area contributed by atoms with Gasteiger partial charge in [-0.1, -0.05) is 47.5 Å². The highest BCUT2D eigenvalue weighted by atomic mass is 15.3. The Morgan fingerprint density at radius 3 is 2.00 bits per heavy atom. The van der Waals surface area contributed by atoms with E-state index in [-0.39, 0.29) is 0 Å². The molecule has 0 bridgehead atoms.